The Bertz CT molecular complexity index is 1040. The van der Waals surface area contributed by atoms with Crippen LogP contribution in [0.1, 0.15) is 36.4 Å². The van der Waals surface area contributed by atoms with Gasteiger partial charge in [0.15, 0.2) is 5.96 Å². The van der Waals surface area contributed by atoms with Crippen LogP contribution in [-0.2, 0) is 11.8 Å². The molecule has 0 aliphatic rings. The molecule has 31 heavy (non-hydrogen) atoms. The third kappa shape index (κ3) is 5.44. The van der Waals surface area contributed by atoms with E-state index in [4.69, 9.17) is 5.73 Å². The predicted molar refractivity (Wildman–Crippen MR) is 128 cm³/mol. The van der Waals surface area contributed by atoms with E-state index < -0.39 is 0 Å². The van der Waals surface area contributed by atoms with Crippen LogP contribution in [0.2, 0.25) is 0 Å². The topological polar surface area (TPSA) is 104 Å². The van der Waals surface area contributed by atoms with Crippen molar-refractivity contribution in [2.24, 2.45) is 4.99 Å². The van der Waals surface area contributed by atoms with Crippen molar-refractivity contribution in [2.45, 2.75) is 32.1 Å². The number of hydrogen-bond acceptors (Lipinski definition) is 5. The third-order valence-corrected chi connectivity index (χ3v) is 6.33. The molecular formula is C23H29N7S. The van der Waals surface area contributed by atoms with Crippen LogP contribution in [0.3, 0.4) is 0 Å². The van der Waals surface area contributed by atoms with Crippen molar-refractivity contribution in [3.05, 3.63) is 64.0 Å². The van der Waals surface area contributed by atoms with Crippen LogP contribution in [0.25, 0.3) is 5.69 Å². The molecule has 2 aromatic heterocycles. The highest BCUT2D eigenvalue weighted by atomic mass is 32.1. The first-order valence-electron chi connectivity index (χ1n) is 10.3. The van der Waals surface area contributed by atoms with Crippen LogP contribution >= 0.6 is 11.3 Å². The fourth-order valence-corrected chi connectivity index (χ4v) is 4.13. The number of nitrogens with two attached hydrogens (primary N) is 1. The maximum Gasteiger partial charge on any atom is 0.191 e. The van der Waals surface area contributed by atoms with Gasteiger partial charge in [-0.2, -0.15) is 10.4 Å². The van der Waals surface area contributed by atoms with Gasteiger partial charge < -0.3 is 16.4 Å². The number of rotatable bonds is 8. The first-order chi connectivity index (χ1) is 15.0. The summed E-state index contributed by atoms with van der Waals surface area (Å²) in [6, 6.07) is 16.1. The highest BCUT2D eigenvalue weighted by Gasteiger charge is 2.22. The molecule has 2 heterocycles. The highest BCUT2D eigenvalue weighted by molar-refractivity contribution is 7.10. The zero-order valence-electron chi connectivity index (χ0n) is 18.2. The van der Waals surface area contributed by atoms with Gasteiger partial charge in [-0.05, 0) is 36.4 Å². The average Bonchev–Trinajstić information content (AvgIpc) is 3.42. The fourth-order valence-electron chi connectivity index (χ4n) is 3.28. The minimum atomic E-state index is 0.0231. The van der Waals surface area contributed by atoms with Gasteiger partial charge in [-0.25, -0.2) is 4.68 Å². The minimum absolute atomic E-state index is 0.0231. The first-order valence-corrected chi connectivity index (χ1v) is 11.2. The number of nitriles is 1. The Kier molecular flexibility index (Phi) is 7.32. The van der Waals surface area contributed by atoms with Gasteiger partial charge in [-0.1, -0.05) is 38.1 Å². The molecule has 162 valence electrons. The molecule has 7 nitrogen and oxygen atoms in total. The van der Waals surface area contributed by atoms with E-state index in [1.807, 2.05) is 30.3 Å². The second kappa shape index (κ2) is 10.1. The van der Waals surface area contributed by atoms with Gasteiger partial charge in [-0.3, -0.25) is 4.99 Å². The highest BCUT2D eigenvalue weighted by Crippen LogP contribution is 2.26. The normalized spacial score (nSPS) is 11.9. The molecule has 4 N–H and O–H groups in total. The molecule has 0 atom stereocenters. The molecular weight excluding hydrogens is 406 g/mol. The second-order valence-corrected chi connectivity index (χ2v) is 8.83. The molecule has 0 saturated carbocycles. The fraction of sp³-hybridized carbons (Fsp3) is 0.348. The summed E-state index contributed by atoms with van der Waals surface area (Å²) in [5, 5.41) is 23.0. The lowest BCUT2D eigenvalue weighted by Gasteiger charge is -2.25. The van der Waals surface area contributed by atoms with Gasteiger partial charge in [0, 0.05) is 30.4 Å². The van der Waals surface area contributed by atoms with Gasteiger partial charge >= 0.3 is 0 Å². The third-order valence-electron chi connectivity index (χ3n) is 5.10. The van der Waals surface area contributed by atoms with Crippen LogP contribution < -0.4 is 16.4 Å². The molecule has 0 spiro atoms. The number of para-hydroxylation sites is 1. The molecule has 0 unspecified atom stereocenters. The molecule has 1 aromatic carbocycles. The largest absolute Gasteiger partial charge is 0.382 e. The Balaban J connectivity index is 1.54. The summed E-state index contributed by atoms with van der Waals surface area (Å²) in [5.41, 5.74) is 8.21. The number of nitrogens with one attached hydrogen (secondary N) is 2. The Morgan fingerprint density at radius 3 is 2.65 bits per heavy atom. The van der Waals surface area contributed by atoms with Crippen LogP contribution in [-0.4, -0.2) is 35.9 Å². The van der Waals surface area contributed by atoms with E-state index in [0.717, 1.165) is 24.6 Å². The van der Waals surface area contributed by atoms with E-state index in [9.17, 15) is 5.26 Å². The van der Waals surface area contributed by atoms with Crippen molar-refractivity contribution in [1.82, 2.24) is 20.4 Å². The van der Waals surface area contributed by atoms with Gasteiger partial charge in [0.25, 0.3) is 0 Å². The van der Waals surface area contributed by atoms with E-state index >= 15 is 0 Å². The predicted octanol–water partition coefficient (Wildman–Crippen LogP) is 3.46. The number of aromatic nitrogens is 2. The first kappa shape index (κ1) is 22.4. The van der Waals surface area contributed by atoms with Crippen molar-refractivity contribution in [3.8, 4) is 11.8 Å². The quantitative estimate of drug-likeness (QED) is 0.286. The van der Waals surface area contributed by atoms with Crippen molar-refractivity contribution in [1.29, 1.82) is 5.26 Å². The van der Waals surface area contributed by atoms with Crippen LogP contribution in [0, 0.1) is 11.3 Å². The number of thiophene rings is 1. The standard InChI is InChI=1S/C23H29N7S/c1-23(2,20-12-8-14-31-20)16-28-22(26-3)27-13-7-11-19-18(15-24)21(25)30(29-19)17-9-5-4-6-10-17/h4-6,8-10,12,14H,7,11,13,16,25H2,1-3H3,(H2,26,27,28). The van der Waals surface area contributed by atoms with E-state index in [1.54, 1.807) is 23.1 Å². The summed E-state index contributed by atoms with van der Waals surface area (Å²) in [6.45, 7) is 5.93. The summed E-state index contributed by atoms with van der Waals surface area (Å²) in [4.78, 5) is 5.65. The zero-order valence-corrected chi connectivity index (χ0v) is 19.0. The Morgan fingerprint density at radius 2 is 2.00 bits per heavy atom. The number of benzene rings is 1. The number of anilines is 1. The lowest BCUT2D eigenvalue weighted by molar-refractivity contribution is 0.518. The molecule has 0 saturated heterocycles. The molecule has 0 amide bonds. The molecule has 0 aliphatic carbocycles. The van der Waals surface area contributed by atoms with Gasteiger partial charge in [0.1, 0.15) is 17.5 Å². The maximum absolute atomic E-state index is 9.54. The van der Waals surface area contributed by atoms with Crippen LogP contribution in [0.15, 0.2) is 52.8 Å². The summed E-state index contributed by atoms with van der Waals surface area (Å²) in [7, 11) is 1.77. The molecule has 8 heteroatoms. The number of nitrogens with zero attached hydrogens (tertiary/aromatic N) is 4. The monoisotopic (exact) mass is 435 g/mol. The van der Waals surface area contributed by atoms with Crippen molar-refractivity contribution in [3.63, 3.8) is 0 Å². The number of aryl methyl sites for hydroxylation is 1. The molecule has 3 rings (SSSR count). The SMILES string of the molecule is CN=C(NCCCc1nn(-c2ccccc2)c(N)c1C#N)NCC(C)(C)c1cccs1. The Labute approximate surface area is 187 Å². The van der Waals surface area contributed by atoms with E-state index in [0.29, 0.717) is 30.0 Å². The smallest absolute Gasteiger partial charge is 0.191 e. The Morgan fingerprint density at radius 1 is 1.23 bits per heavy atom. The minimum Gasteiger partial charge on any atom is -0.382 e. The summed E-state index contributed by atoms with van der Waals surface area (Å²) < 4.78 is 1.63. The lowest BCUT2D eigenvalue weighted by atomic mass is 9.91. The van der Waals surface area contributed by atoms with Crippen molar-refractivity contribution >= 4 is 23.1 Å². The number of guanidine groups is 1. The van der Waals surface area contributed by atoms with Gasteiger partial charge in [0.2, 0.25) is 0 Å². The summed E-state index contributed by atoms with van der Waals surface area (Å²) >= 11 is 1.77. The average molecular weight is 436 g/mol. The molecule has 0 fully saturated rings. The van der Waals surface area contributed by atoms with Crippen LogP contribution in [0.4, 0.5) is 5.82 Å². The Hall–Kier alpha value is -3.31. The summed E-state index contributed by atoms with van der Waals surface area (Å²) in [6.07, 6.45) is 1.45. The number of nitrogen functional groups attached to an aromatic ring is 1. The molecule has 0 bridgehead atoms. The number of aliphatic imine (C=N–C) groups is 1. The molecule has 3 aromatic rings. The molecule has 0 radical (unpaired) electrons. The van der Waals surface area contributed by atoms with Gasteiger partial charge in [-0.15, -0.1) is 11.3 Å². The van der Waals surface area contributed by atoms with E-state index in [2.05, 4.69) is 58.2 Å². The molecule has 0 aliphatic heterocycles. The zero-order chi connectivity index (χ0) is 22.3. The van der Waals surface area contributed by atoms with Crippen molar-refractivity contribution < 1.29 is 0 Å². The summed E-state index contributed by atoms with van der Waals surface area (Å²) in [5.74, 6) is 1.14. The number of hydrogen-bond donors (Lipinski definition) is 3. The lowest BCUT2D eigenvalue weighted by Crippen LogP contribution is -2.43. The van der Waals surface area contributed by atoms with Crippen molar-refractivity contribution in [2.75, 3.05) is 25.9 Å². The van der Waals surface area contributed by atoms with E-state index in [-0.39, 0.29) is 5.41 Å². The maximum atomic E-state index is 9.54. The van der Waals surface area contributed by atoms with Crippen LogP contribution in [0.5, 0.6) is 0 Å². The van der Waals surface area contributed by atoms with Gasteiger partial charge in [0.05, 0.1) is 11.4 Å². The second-order valence-electron chi connectivity index (χ2n) is 7.88. The van der Waals surface area contributed by atoms with E-state index in [1.165, 1.54) is 4.88 Å².